The molecule has 134 valence electrons. The molecule has 3 aromatic carbocycles. The lowest BCUT2D eigenvalue weighted by Gasteiger charge is -2.15. The van der Waals surface area contributed by atoms with Crippen LogP contribution in [0.25, 0.3) is 0 Å². The maximum Gasteiger partial charge on any atom is 0.175 e. The van der Waals surface area contributed by atoms with Crippen molar-refractivity contribution in [3.63, 3.8) is 0 Å². The first-order valence-corrected chi connectivity index (χ1v) is 9.35. The Morgan fingerprint density at radius 2 is 1.77 bits per heavy atom. The van der Waals surface area contributed by atoms with Crippen molar-refractivity contribution < 1.29 is 9.47 Å². The van der Waals surface area contributed by atoms with Crippen molar-refractivity contribution in [1.29, 1.82) is 0 Å². The van der Waals surface area contributed by atoms with E-state index in [0.29, 0.717) is 29.7 Å². The minimum absolute atomic E-state index is 0.414. The summed E-state index contributed by atoms with van der Waals surface area (Å²) in [6, 6.07) is 21.7. The summed E-state index contributed by atoms with van der Waals surface area (Å²) in [5.41, 5.74) is 3.16. The van der Waals surface area contributed by atoms with Gasteiger partial charge in [-0.15, -0.1) is 0 Å². The van der Waals surface area contributed by atoms with Crippen LogP contribution in [0, 0.1) is 0 Å². The number of benzene rings is 3. The Morgan fingerprint density at radius 3 is 2.50 bits per heavy atom. The van der Waals surface area contributed by atoms with Crippen molar-refractivity contribution in [3.05, 3.63) is 87.4 Å². The summed E-state index contributed by atoms with van der Waals surface area (Å²) >= 11 is 9.62. The zero-order valence-corrected chi connectivity index (χ0v) is 16.7. The van der Waals surface area contributed by atoms with Gasteiger partial charge in [-0.2, -0.15) is 0 Å². The third-order valence-electron chi connectivity index (χ3n) is 3.83. The third kappa shape index (κ3) is 4.93. The van der Waals surface area contributed by atoms with Gasteiger partial charge in [0, 0.05) is 17.3 Å². The molecule has 26 heavy (non-hydrogen) atoms. The zero-order valence-electron chi connectivity index (χ0n) is 14.3. The van der Waals surface area contributed by atoms with E-state index in [0.717, 1.165) is 21.3 Å². The molecule has 0 saturated heterocycles. The molecule has 0 aliphatic rings. The van der Waals surface area contributed by atoms with Gasteiger partial charge in [0.2, 0.25) is 0 Å². The Morgan fingerprint density at radius 1 is 0.962 bits per heavy atom. The van der Waals surface area contributed by atoms with Gasteiger partial charge in [0.25, 0.3) is 0 Å². The second-order valence-electron chi connectivity index (χ2n) is 5.75. The molecule has 0 spiro atoms. The molecule has 0 bridgehead atoms. The number of hydrogen-bond acceptors (Lipinski definition) is 3. The highest BCUT2D eigenvalue weighted by molar-refractivity contribution is 9.10. The number of halogens is 2. The summed E-state index contributed by atoms with van der Waals surface area (Å²) in [5, 5.41) is 4.09. The molecule has 5 heteroatoms. The van der Waals surface area contributed by atoms with Crippen LogP contribution in [0.2, 0.25) is 5.02 Å². The van der Waals surface area contributed by atoms with E-state index in [2.05, 4.69) is 21.2 Å². The minimum atomic E-state index is 0.414. The summed E-state index contributed by atoms with van der Waals surface area (Å²) in [5.74, 6) is 1.36. The normalized spacial score (nSPS) is 10.4. The zero-order chi connectivity index (χ0) is 18.4. The Labute approximate surface area is 167 Å². The predicted octanol–water partition coefficient (Wildman–Crippen LogP) is 6.30. The molecule has 1 N–H and O–H groups in total. The predicted molar refractivity (Wildman–Crippen MR) is 110 cm³/mol. The highest BCUT2D eigenvalue weighted by Gasteiger charge is 2.12. The molecule has 0 amide bonds. The van der Waals surface area contributed by atoms with Crippen molar-refractivity contribution in [2.45, 2.75) is 13.2 Å². The number of rotatable bonds is 7. The molecular formula is C21H19BrClNO2. The summed E-state index contributed by atoms with van der Waals surface area (Å²) in [6.07, 6.45) is 0. The van der Waals surface area contributed by atoms with Crippen molar-refractivity contribution in [2.24, 2.45) is 0 Å². The Kier molecular flexibility index (Phi) is 6.42. The highest BCUT2D eigenvalue weighted by Crippen LogP contribution is 2.37. The fourth-order valence-electron chi connectivity index (χ4n) is 2.56. The average molecular weight is 433 g/mol. The molecule has 0 radical (unpaired) electrons. The second kappa shape index (κ2) is 8.97. The third-order valence-corrected chi connectivity index (χ3v) is 4.66. The van der Waals surface area contributed by atoms with Crippen molar-refractivity contribution in [3.8, 4) is 11.5 Å². The Bertz CT molecular complexity index is 871. The fraction of sp³-hybridized carbons (Fsp3) is 0.143. The first-order chi connectivity index (χ1) is 12.7. The number of nitrogens with one attached hydrogen (secondary N) is 1. The lowest BCUT2D eigenvalue weighted by molar-refractivity contribution is 0.282. The molecule has 3 rings (SSSR count). The molecule has 0 aromatic heterocycles. The van der Waals surface area contributed by atoms with Crippen LogP contribution in [-0.2, 0) is 13.2 Å². The molecule has 0 heterocycles. The van der Waals surface area contributed by atoms with Crippen molar-refractivity contribution >= 4 is 33.2 Å². The molecule has 0 aliphatic carbocycles. The van der Waals surface area contributed by atoms with E-state index in [9.17, 15) is 0 Å². The largest absolute Gasteiger partial charge is 0.493 e. The Hall–Kier alpha value is -2.17. The molecular weight excluding hydrogens is 414 g/mol. The first kappa shape index (κ1) is 18.6. The average Bonchev–Trinajstić information content (AvgIpc) is 2.66. The van der Waals surface area contributed by atoms with Gasteiger partial charge in [-0.05, 0) is 63.5 Å². The van der Waals surface area contributed by atoms with Gasteiger partial charge in [0.15, 0.2) is 11.5 Å². The standard InChI is InChI=1S/C21H19BrClNO2/c1-25-20-12-16(13-24-18-8-3-2-4-9-18)11-19(22)21(20)26-14-15-6-5-7-17(23)10-15/h2-12,24H,13-14H2,1H3. The molecule has 0 saturated carbocycles. The van der Waals surface area contributed by atoms with Crippen LogP contribution in [0.3, 0.4) is 0 Å². The summed E-state index contributed by atoms with van der Waals surface area (Å²) in [4.78, 5) is 0. The van der Waals surface area contributed by atoms with Gasteiger partial charge in [-0.3, -0.25) is 0 Å². The monoisotopic (exact) mass is 431 g/mol. The number of hydrogen-bond donors (Lipinski definition) is 1. The lowest BCUT2D eigenvalue weighted by atomic mass is 10.2. The van der Waals surface area contributed by atoms with Crippen LogP contribution in [0.1, 0.15) is 11.1 Å². The van der Waals surface area contributed by atoms with Crippen molar-refractivity contribution in [2.75, 3.05) is 12.4 Å². The molecule has 0 atom stereocenters. The number of ether oxygens (including phenoxy) is 2. The molecule has 3 nitrogen and oxygen atoms in total. The number of para-hydroxylation sites is 1. The van der Waals surface area contributed by atoms with E-state index in [1.807, 2.05) is 66.7 Å². The van der Waals surface area contributed by atoms with Crippen LogP contribution in [0.4, 0.5) is 5.69 Å². The quantitative estimate of drug-likeness (QED) is 0.475. The Balaban J connectivity index is 1.72. The van der Waals surface area contributed by atoms with E-state index in [4.69, 9.17) is 21.1 Å². The van der Waals surface area contributed by atoms with E-state index in [-0.39, 0.29) is 0 Å². The van der Waals surface area contributed by atoms with Gasteiger partial charge in [0.05, 0.1) is 11.6 Å². The number of methoxy groups -OCH3 is 1. The van der Waals surface area contributed by atoms with Crippen LogP contribution in [0.5, 0.6) is 11.5 Å². The van der Waals surface area contributed by atoms with E-state index >= 15 is 0 Å². The smallest absolute Gasteiger partial charge is 0.175 e. The van der Waals surface area contributed by atoms with Crippen molar-refractivity contribution in [1.82, 2.24) is 0 Å². The van der Waals surface area contributed by atoms with Gasteiger partial charge in [0.1, 0.15) is 6.61 Å². The minimum Gasteiger partial charge on any atom is -0.493 e. The molecule has 3 aromatic rings. The molecule has 0 aliphatic heterocycles. The van der Waals surface area contributed by atoms with E-state index in [1.165, 1.54) is 0 Å². The van der Waals surface area contributed by atoms with Crippen LogP contribution in [0.15, 0.2) is 71.2 Å². The van der Waals surface area contributed by atoms with Crippen LogP contribution >= 0.6 is 27.5 Å². The summed E-state index contributed by atoms with van der Waals surface area (Å²) in [7, 11) is 1.64. The molecule has 0 fully saturated rings. The molecule has 0 unspecified atom stereocenters. The van der Waals surface area contributed by atoms with E-state index in [1.54, 1.807) is 7.11 Å². The van der Waals surface area contributed by atoms with Gasteiger partial charge < -0.3 is 14.8 Å². The maximum absolute atomic E-state index is 6.03. The second-order valence-corrected chi connectivity index (χ2v) is 7.04. The number of anilines is 1. The van der Waals surface area contributed by atoms with Gasteiger partial charge >= 0.3 is 0 Å². The van der Waals surface area contributed by atoms with Gasteiger partial charge in [-0.1, -0.05) is 41.9 Å². The van der Waals surface area contributed by atoms with Crippen LogP contribution in [-0.4, -0.2) is 7.11 Å². The summed E-state index contributed by atoms with van der Waals surface area (Å²) < 4.78 is 12.3. The maximum atomic E-state index is 6.03. The first-order valence-electron chi connectivity index (χ1n) is 8.18. The SMILES string of the molecule is COc1cc(CNc2ccccc2)cc(Br)c1OCc1cccc(Cl)c1. The highest BCUT2D eigenvalue weighted by atomic mass is 79.9. The van der Waals surface area contributed by atoms with Gasteiger partial charge in [-0.25, -0.2) is 0 Å². The summed E-state index contributed by atoms with van der Waals surface area (Å²) in [6.45, 7) is 1.10. The fourth-order valence-corrected chi connectivity index (χ4v) is 3.37. The van der Waals surface area contributed by atoms with Crippen LogP contribution < -0.4 is 14.8 Å². The lowest BCUT2D eigenvalue weighted by Crippen LogP contribution is -2.02. The topological polar surface area (TPSA) is 30.5 Å². The van der Waals surface area contributed by atoms with E-state index < -0.39 is 0 Å².